The van der Waals surface area contributed by atoms with Gasteiger partial charge < -0.3 is 15.0 Å². The van der Waals surface area contributed by atoms with Crippen molar-refractivity contribution < 1.29 is 18.7 Å². The van der Waals surface area contributed by atoms with Crippen molar-refractivity contribution in [3.63, 3.8) is 0 Å². The molecule has 1 N–H and O–H groups in total. The van der Waals surface area contributed by atoms with E-state index in [2.05, 4.69) is 15.1 Å². The van der Waals surface area contributed by atoms with Gasteiger partial charge in [-0.2, -0.15) is 0 Å². The third-order valence-electron chi connectivity index (χ3n) is 4.46. The summed E-state index contributed by atoms with van der Waals surface area (Å²) in [5.74, 6) is -0.547. The number of piperazine rings is 1. The SMILES string of the molecule is COC(=O)[C@H](CC(C)C)NC(=O)CN1CCN(c2ccc(F)cc2)CC1. The molecule has 0 aromatic heterocycles. The number of hydrogen-bond donors (Lipinski definition) is 1. The lowest BCUT2D eigenvalue weighted by molar-refractivity contribution is -0.145. The van der Waals surface area contributed by atoms with Crippen LogP contribution < -0.4 is 10.2 Å². The molecule has 144 valence electrons. The molecule has 0 spiro atoms. The Morgan fingerprint density at radius 3 is 2.31 bits per heavy atom. The van der Waals surface area contributed by atoms with Crippen molar-refractivity contribution in [1.82, 2.24) is 10.2 Å². The van der Waals surface area contributed by atoms with Gasteiger partial charge in [0.1, 0.15) is 11.9 Å². The number of benzene rings is 1. The zero-order valence-corrected chi connectivity index (χ0v) is 15.7. The normalized spacial score (nSPS) is 16.4. The molecule has 1 aromatic rings. The lowest BCUT2D eigenvalue weighted by Crippen LogP contribution is -2.51. The van der Waals surface area contributed by atoms with Crippen LogP contribution in [0.1, 0.15) is 20.3 Å². The first-order chi connectivity index (χ1) is 12.4. The monoisotopic (exact) mass is 365 g/mol. The Labute approximate surface area is 154 Å². The molecule has 0 aliphatic carbocycles. The Hall–Kier alpha value is -2.15. The fourth-order valence-electron chi connectivity index (χ4n) is 3.09. The molecule has 0 radical (unpaired) electrons. The Morgan fingerprint density at radius 2 is 1.77 bits per heavy atom. The number of rotatable bonds is 7. The van der Waals surface area contributed by atoms with Gasteiger partial charge in [-0.3, -0.25) is 9.69 Å². The predicted molar refractivity (Wildman–Crippen MR) is 98.5 cm³/mol. The second-order valence-electron chi connectivity index (χ2n) is 7.01. The van der Waals surface area contributed by atoms with E-state index in [1.54, 1.807) is 12.1 Å². The number of methoxy groups -OCH3 is 1. The molecule has 1 aromatic carbocycles. The van der Waals surface area contributed by atoms with E-state index >= 15 is 0 Å². The number of carbonyl (C=O) groups excluding carboxylic acids is 2. The lowest BCUT2D eigenvalue weighted by atomic mass is 10.0. The summed E-state index contributed by atoms with van der Waals surface area (Å²) >= 11 is 0. The average Bonchev–Trinajstić information content (AvgIpc) is 2.61. The summed E-state index contributed by atoms with van der Waals surface area (Å²) in [6.45, 7) is 7.25. The number of halogens is 1. The van der Waals surface area contributed by atoms with Gasteiger partial charge in [0.05, 0.1) is 13.7 Å². The molecule has 1 aliphatic heterocycles. The summed E-state index contributed by atoms with van der Waals surface area (Å²) in [6.07, 6.45) is 0.552. The summed E-state index contributed by atoms with van der Waals surface area (Å²) in [6, 6.07) is 5.84. The Bertz CT molecular complexity index is 599. The van der Waals surface area contributed by atoms with Crippen LogP contribution in [-0.2, 0) is 14.3 Å². The third-order valence-corrected chi connectivity index (χ3v) is 4.46. The molecular formula is C19H28FN3O3. The van der Waals surface area contributed by atoms with E-state index in [1.807, 2.05) is 13.8 Å². The minimum atomic E-state index is -0.604. The van der Waals surface area contributed by atoms with Crippen molar-refractivity contribution in [3.8, 4) is 0 Å². The zero-order chi connectivity index (χ0) is 19.1. The quantitative estimate of drug-likeness (QED) is 0.745. The van der Waals surface area contributed by atoms with E-state index in [0.717, 1.165) is 31.9 Å². The molecule has 0 saturated carbocycles. The molecule has 6 nitrogen and oxygen atoms in total. The number of amides is 1. The fraction of sp³-hybridized carbons (Fsp3) is 0.579. The lowest BCUT2D eigenvalue weighted by Gasteiger charge is -2.35. The van der Waals surface area contributed by atoms with Gasteiger partial charge in [0.15, 0.2) is 0 Å². The van der Waals surface area contributed by atoms with Crippen LogP contribution in [-0.4, -0.2) is 62.7 Å². The first-order valence-electron chi connectivity index (χ1n) is 8.99. The van der Waals surface area contributed by atoms with E-state index < -0.39 is 12.0 Å². The number of anilines is 1. The van der Waals surface area contributed by atoms with Crippen molar-refractivity contribution in [2.45, 2.75) is 26.3 Å². The Kier molecular flexibility index (Phi) is 7.38. The van der Waals surface area contributed by atoms with Crippen molar-refractivity contribution >= 4 is 17.6 Å². The third kappa shape index (κ3) is 5.98. The molecule has 1 atom stereocenters. The number of ether oxygens (including phenoxy) is 1. The zero-order valence-electron chi connectivity index (χ0n) is 15.7. The number of esters is 1. The van der Waals surface area contributed by atoms with E-state index in [9.17, 15) is 14.0 Å². The van der Waals surface area contributed by atoms with Crippen molar-refractivity contribution in [1.29, 1.82) is 0 Å². The van der Waals surface area contributed by atoms with E-state index in [4.69, 9.17) is 4.74 Å². The molecule has 2 rings (SSSR count). The average molecular weight is 365 g/mol. The van der Waals surface area contributed by atoms with Gasteiger partial charge in [0.25, 0.3) is 0 Å². The van der Waals surface area contributed by atoms with E-state index in [1.165, 1.54) is 19.2 Å². The molecule has 1 fully saturated rings. The van der Waals surface area contributed by atoms with Crippen molar-refractivity contribution in [2.75, 3.05) is 44.7 Å². The number of hydrogen-bond acceptors (Lipinski definition) is 5. The summed E-state index contributed by atoms with van der Waals surface area (Å²) in [5.41, 5.74) is 0.984. The number of carbonyl (C=O) groups is 2. The smallest absolute Gasteiger partial charge is 0.328 e. The maximum Gasteiger partial charge on any atom is 0.328 e. The van der Waals surface area contributed by atoms with Crippen LogP contribution in [0.3, 0.4) is 0 Å². The molecule has 0 bridgehead atoms. The van der Waals surface area contributed by atoms with E-state index in [-0.39, 0.29) is 24.2 Å². The van der Waals surface area contributed by atoms with Crippen LogP contribution in [0, 0.1) is 11.7 Å². The summed E-state index contributed by atoms with van der Waals surface area (Å²) in [5, 5.41) is 2.79. The van der Waals surface area contributed by atoms with Gasteiger partial charge in [-0.1, -0.05) is 13.8 Å². The van der Waals surface area contributed by atoms with Crippen LogP contribution in [0.25, 0.3) is 0 Å². The van der Waals surface area contributed by atoms with Crippen LogP contribution in [0.15, 0.2) is 24.3 Å². The fourth-order valence-corrected chi connectivity index (χ4v) is 3.09. The highest BCUT2D eigenvalue weighted by Gasteiger charge is 2.25. The minimum absolute atomic E-state index is 0.170. The van der Waals surface area contributed by atoms with Crippen molar-refractivity contribution in [3.05, 3.63) is 30.1 Å². The van der Waals surface area contributed by atoms with Gasteiger partial charge in [-0.25, -0.2) is 9.18 Å². The second kappa shape index (κ2) is 9.52. The second-order valence-corrected chi connectivity index (χ2v) is 7.01. The number of nitrogens with one attached hydrogen (secondary N) is 1. The first-order valence-corrected chi connectivity index (χ1v) is 8.99. The molecule has 1 amide bonds. The maximum absolute atomic E-state index is 13.0. The topological polar surface area (TPSA) is 61.9 Å². The summed E-state index contributed by atoms with van der Waals surface area (Å²) in [7, 11) is 1.33. The molecular weight excluding hydrogens is 337 g/mol. The standard InChI is InChI=1S/C19H28FN3O3/c1-14(2)12-17(19(25)26-3)21-18(24)13-22-8-10-23(11-9-22)16-6-4-15(20)5-7-16/h4-7,14,17H,8-13H2,1-3H3,(H,21,24)/t17-/m0/s1. The highest BCUT2D eigenvalue weighted by atomic mass is 19.1. The largest absolute Gasteiger partial charge is 0.467 e. The molecule has 0 unspecified atom stereocenters. The van der Waals surface area contributed by atoms with E-state index in [0.29, 0.717) is 6.42 Å². The molecule has 1 aliphatic rings. The summed E-state index contributed by atoms with van der Waals surface area (Å²) < 4.78 is 17.8. The van der Waals surface area contributed by atoms with Crippen molar-refractivity contribution in [2.24, 2.45) is 5.92 Å². The maximum atomic E-state index is 13.0. The van der Waals surface area contributed by atoms with Crippen LogP contribution in [0.2, 0.25) is 0 Å². The predicted octanol–water partition coefficient (Wildman–Crippen LogP) is 1.65. The Morgan fingerprint density at radius 1 is 1.15 bits per heavy atom. The molecule has 1 saturated heterocycles. The van der Waals surface area contributed by atoms with Crippen LogP contribution in [0.4, 0.5) is 10.1 Å². The summed E-state index contributed by atoms with van der Waals surface area (Å²) in [4.78, 5) is 28.3. The van der Waals surface area contributed by atoms with Gasteiger partial charge >= 0.3 is 5.97 Å². The molecule has 26 heavy (non-hydrogen) atoms. The minimum Gasteiger partial charge on any atom is -0.467 e. The number of nitrogens with zero attached hydrogens (tertiary/aromatic N) is 2. The van der Waals surface area contributed by atoms with Gasteiger partial charge in [0, 0.05) is 31.9 Å². The molecule has 1 heterocycles. The van der Waals surface area contributed by atoms with Gasteiger partial charge in [0.2, 0.25) is 5.91 Å². The molecule has 7 heteroatoms. The highest BCUT2D eigenvalue weighted by molar-refractivity contribution is 5.85. The van der Waals surface area contributed by atoms with Gasteiger partial charge in [-0.15, -0.1) is 0 Å². The van der Waals surface area contributed by atoms with Crippen LogP contribution >= 0.6 is 0 Å². The van der Waals surface area contributed by atoms with Gasteiger partial charge in [-0.05, 0) is 36.6 Å². The Balaban J connectivity index is 1.81. The van der Waals surface area contributed by atoms with Crippen LogP contribution in [0.5, 0.6) is 0 Å². The first kappa shape index (κ1) is 20.2. The highest BCUT2D eigenvalue weighted by Crippen LogP contribution is 2.16.